The number of hydrogen-bond acceptors (Lipinski definition) is 3. The van der Waals surface area contributed by atoms with Gasteiger partial charge in [-0.05, 0) is 19.0 Å². The van der Waals surface area contributed by atoms with Crippen LogP contribution in [0.3, 0.4) is 0 Å². The zero-order valence-electron chi connectivity index (χ0n) is 9.80. The van der Waals surface area contributed by atoms with Crippen molar-refractivity contribution >= 4 is 38.3 Å². The number of benzene rings is 1. The summed E-state index contributed by atoms with van der Waals surface area (Å²) in [5.41, 5.74) is 7.01. The standard InChI is InChI=1S/C11H18N2O.2ClH.H2S/c1-13-8-11(14)10(12)7-9-5-3-2-4-6-9;;;/h2-6,10-11,13-14H,7-8,12H2,1H3;2*1H;1H2/t10-,11+;;;/m1.../s1. The predicted octanol–water partition coefficient (Wildman–Crippen LogP) is 1.09. The minimum atomic E-state index is -0.486. The van der Waals surface area contributed by atoms with Crippen LogP contribution >= 0.6 is 38.3 Å². The van der Waals surface area contributed by atoms with Crippen LogP contribution in [0.25, 0.3) is 0 Å². The zero-order valence-corrected chi connectivity index (χ0v) is 12.4. The molecule has 0 bridgehead atoms. The first-order valence-electron chi connectivity index (χ1n) is 4.86. The third-order valence-corrected chi connectivity index (χ3v) is 2.22. The zero-order chi connectivity index (χ0) is 10.4. The Morgan fingerprint density at radius 1 is 1.24 bits per heavy atom. The van der Waals surface area contributed by atoms with Crippen LogP contribution < -0.4 is 11.1 Å². The monoisotopic (exact) mass is 300 g/mol. The third-order valence-electron chi connectivity index (χ3n) is 2.22. The quantitative estimate of drug-likeness (QED) is 0.763. The van der Waals surface area contributed by atoms with Crippen LogP contribution in [0, 0.1) is 0 Å². The molecule has 17 heavy (non-hydrogen) atoms. The minimum Gasteiger partial charge on any atom is -0.390 e. The SMILES string of the molecule is CNC[C@H](O)[C@H](N)Cc1ccccc1.Cl.Cl.S. The fourth-order valence-corrected chi connectivity index (χ4v) is 1.38. The summed E-state index contributed by atoms with van der Waals surface area (Å²) in [6, 6.07) is 9.76. The Balaban J connectivity index is -0.000000653. The highest BCUT2D eigenvalue weighted by molar-refractivity contribution is 7.59. The molecule has 1 rings (SSSR count). The van der Waals surface area contributed by atoms with Crippen LogP contribution in [0.5, 0.6) is 0 Å². The van der Waals surface area contributed by atoms with Crippen molar-refractivity contribution < 1.29 is 5.11 Å². The van der Waals surface area contributed by atoms with Gasteiger partial charge in [-0.1, -0.05) is 30.3 Å². The van der Waals surface area contributed by atoms with Crippen LogP contribution in [0.15, 0.2) is 30.3 Å². The number of likely N-dealkylation sites (N-methyl/N-ethyl adjacent to an activating group) is 1. The number of nitrogens with one attached hydrogen (secondary N) is 1. The molecule has 0 aliphatic carbocycles. The molecule has 0 heterocycles. The first kappa shape index (κ1) is 22.2. The highest BCUT2D eigenvalue weighted by Gasteiger charge is 2.13. The van der Waals surface area contributed by atoms with E-state index in [0.29, 0.717) is 13.0 Å². The van der Waals surface area contributed by atoms with Gasteiger partial charge in [0.25, 0.3) is 0 Å². The van der Waals surface area contributed by atoms with E-state index in [4.69, 9.17) is 5.73 Å². The van der Waals surface area contributed by atoms with Crippen molar-refractivity contribution in [3.8, 4) is 0 Å². The largest absolute Gasteiger partial charge is 0.390 e. The van der Waals surface area contributed by atoms with Crippen LogP contribution in [0.1, 0.15) is 5.56 Å². The topological polar surface area (TPSA) is 58.3 Å². The highest BCUT2D eigenvalue weighted by Crippen LogP contribution is 2.03. The van der Waals surface area contributed by atoms with E-state index >= 15 is 0 Å². The van der Waals surface area contributed by atoms with Gasteiger partial charge in [-0.2, -0.15) is 13.5 Å². The van der Waals surface area contributed by atoms with Gasteiger partial charge in [-0.3, -0.25) is 0 Å². The van der Waals surface area contributed by atoms with E-state index in [9.17, 15) is 5.11 Å². The van der Waals surface area contributed by atoms with Gasteiger partial charge in [0.15, 0.2) is 0 Å². The van der Waals surface area contributed by atoms with Crippen molar-refractivity contribution in [2.45, 2.75) is 18.6 Å². The van der Waals surface area contributed by atoms with Crippen molar-refractivity contribution in [2.24, 2.45) is 5.73 Å². The maximum atomic E-state index is 9.59. The molecular formula is C11H22Cl2N2OS. The van der Waals surface area contributed by atoms with E-state index in [0.717, 1.165) is 5.56 Å². The average Bonchev–Trinajstić information content (AvgIpc) is 2.19. The van der Waals surface area contributed by atoms with E-state index in [1.165, 1.54) is 0 Å². The molecule has 0 saturated carbocycles. The van der Waals surface area contributed by atoms with Gasteiger partial charge in [0.05, 0.1) is 6.10 Å². The maximum Gasteiger partial charge on any atom is 0.0818 e. The Labute approximate surface area is 122 Å². The molecule has 0 spiro atoms. The summed E-state index contributed by atoms with van der Waals surface area (Å²) >= 11 is 0. The Bertz CT molecular complexity index is 265. The first-order chi connectivity index (χ1) is 6.74. The van der Waals surface area contributed by atoms with Crippen LogP contribution in [-0.4, -0.2) is 30.8 Å². The van der Waals surface area contributed by atoms with Crippen LogP contribution in [0.2, 0.25) is 0 Å². The summed E-state index contributed by atoms with van der Waals surface area (Å²) in [5.74, 6) is 0. The lowest BCUT2D eigenvalue weighted by molar-refractivity contribution is 0.144. The highest BCUT2D eigenvalue weighted by atomic mass is 35.5. The normalized spacial score (nSPS) is 12.4. The summed E-state index contributed by atoms with van der Waals surface area (Å²) in [7, 11) is 1.80. The van der Waals surface area contributed by atoms with Gasteiger partial charge in [-0.15, -0.1) is 24.8 Å². The number of rotatable bonds is 5. The van der Waals surface area contributed by atoms with Gasteiger partial charge in [-0.25, -0.2) is 0 Å². The van der Waals surface area contributed by atoms with Crippen LogP contribution in [0.4, 0.5) is 0 Å². The van der Waals surface area contributed by atoms with E-state index in [-0.39, 0.29) is 44.4 Å². The van der Waals surface area contributed by atoms with Gasteiger partial charge in [0.1, 0.15) is 0 Å². The lowest BCUT2D eigenvalue weighted by Gasteiger charge is -2.18. The van der Waals surface area contributed by atoms with Crippen molar-refractivity contribution in [1.82, 2.24) is 5.32 Å². The molecular weight excluding hydrogens is 279 g/mol. The molecule has 3 nitrogen and oxygen atoms in total. The fraction of sp³-hybridized carbons (Fsp3) is 0.455. The summed E-state index contributed by atoms with van der Waals surface area (Å²) in [6.07, 6.45) is 0.226. The summed E-state index contributed by atoms with van der Waals surface area (Å²) in [6.45, 7) is 0.536. The summed E-state index contributed by atoms with van der Waals surface area (Å²) in [5, 5.41) is 12.5. The van der Waals surface area contributed by atoms with Crippen molar-refractivity contribution in [3.63, 3.8) is 0 Å². The maximum absolute atomic E-state index is 9.59. The second-order valence-electron chi connectivity index (χ2n) is 3.48. The van der Waals surface area contributed by atoms with E-state index in [2.05, 4.69) is 5.32 Å². The molecule has 1 aromatic carbocycles. The Kier molecular flexibility index (Phi) is 16.3. The smallest absolute Gasteiger partial charge is 0.0818 e. The summed E-state index contributed by atoms with van der Waals surface area (Å²) < 4.78 is 0. The lowest BCUT2D eigenvalue weighted by Crippen LogP contribution is -2.42. The summed E-state index contributed by atoms with van der Waals surface area (Å²) in [4.78, 5) is 0. The molecule has 0 fully saturated rings. The minimum absolute atomic E-state index is 0. The van der Waals surface area contributed by atoms with Crippen molar-refractivity contribution in [1.29, 1.82) is 0 Å². The molecule has 0 aliphatic rings. The van der Waals surface area contributed by atoms with E-state index < -0.39 is 6.10 Å². The molecule has 0 saturated heterocycles. The number of aliphatic hydroxyl groups is 1. The van der Waals surface area contributed by atoms with E-state index in [1.54, 1.807) is 7.05 Å². The fourth-order valence-electron chi connectivity index (χ4n) is 1.38. The molecule has 6 heteroatoms. The molecule has 1 aromatic rings. The Hall–Kier alpha value is 0.0300. The molecule has 0 aliphatic heterocycles. The van der Waals surface area contributed by atoms with Crippen molar-refractivity contribution in [2.75, 3.05) is 13.6 Å². The van der Waals surface area contributed by atoms with Gasteiger partial charge in [0, 0.05) is 12.6 Å². The molecule has 0 amide bonds. The van der Waals surface area contributed by atoms with Gasteiger partial charge < -0.3 is 16.2 Å². The molecule has 102 valence electrons. The molecule has 0 aromatic heterocycles. The molecule has 2 atom stereocenters. The first-order valence-corrected chi connectivity index (χ1v) is 4.86. The molecule has 4 N–H and O–H groups in total. The van der Waals surface area contributed by atoms with Gasteiger partial charge in [0.2, 0.25) is 0 Å². The molecule has 0 radical (unpaired) electrons. The van der Waals surface area contributed by atoms with E-state index in [1.807, 2.05) is 30.3 Å². The number of hydrogen-bond donors (Lipinski definition) is 3. The van der Waals surface area contributed by atoms with Crippen molar-refractivity contribution in [3.05, 3.63) is 35.9 Å². The second-order valence-corrected chi connectivity index (χ2v) is 3.48. The van der Waals surface area contributed by atoms with Crippen LogP contribution in [-0.2, 0) is 6.42 Å². The third kappa shape index (κ3) is 8.71. The second kappa shape index (κ2) is 12.5. The number of aliphatic hydroxyl groups excluding tert-OH is 1. The molecule has 0 unspecified atom stereocenters. The Morgan fingerprint density at radius 3 is 2.24 bits per heavy atom. The Morgan fingerprint density at radius 2 is 1.76 bits per heavy atom. The predicted molar refractivity (Wildman–Crippen MR) is 82.9 cm³/mol. The lowest BCUT2D eigenvalue weighted by atomic mass is 10.0. The number of nitrogens with two attached hydrogens (primary N) is 1. The average molecular weight is 301 g/mol. The number of halogens is 2. The van der Waals surface area contributed by atoms with Gasteiger partial charge >= 0.3 is 0 Å².